The third kappa shape index (κ3) is 5.42. The maximum absolute atomic E-state index is 2.54. The van der Waals surface area contributed by atoms with Crippen LogP contribution < -0.4 is 9.80 Å². The lowest BCUT2D eigenvalue weighted by molar-refractivity contribution is 0.661. The van der Waals surface area contributed by atoms with Crippen molar-refractivity contribution >= 4 is 34.1 Å². The lowest BCUT2D eigenvalue weighted by Crippen LogP contribution is -2.27. The van der Waals surface area contributed by atoms with Gasteiger partial charge in [-0.1, -0.05) is 190 Å². The molecule has 3 aliphatic carbocycles. The molecule has 0 saturated heterocycles. The lowest BCUT2D eigenvalue weighted by atomic mass is 9.70. The summed E-state index contributed by atoms with van der Waals surface area (Å²) in [6, 6.07) is 90.0. The molecule has 312 valence electrons. The number of hydrogen-bond donors (Lipinski definition) is 0. The van der Waals surface area contributed by atoms with Crippen LogP contribution in [0.3, 0.4) is 0 Å². The zero-order chi connectivity index (χ0) is 44.0. The van der Waals surface area contributed by atoms with Crippen molar-refractivity contribution < 1.29 is 0 Å². The lowest BCUT2D eigenvalue weighted by Gasteiger charge is -2.35. The minimum absolute atomic E-state index is 0.205. The van der Waals surface area contributed by atoms with Crippen LogP contribution in [0, 0.1) is 0 Å². The minimum atomic E-state index is -0.604. The van der Waals surface area contributed by atoms with E-state index in [9.17, 15) is 0 Å². The first-order valence-corrected chi connectivity index (χ1v) is 23.1. The van der Waals surface area contributed by atoms with Gasteiger partial charge in [-0.2, -0.15) is 0 Å². The summed E-state index contributed by atoms with van der Waals surface area (Å²) in [6.45, 7) is 4.78. The molecule has 1 spiro atoms. The second kappa shape index (κ2) is 14.7. The van der Waals surface area contributed by atoms with E-state index in [-0.39, 0.29) is 5.41 Å². The molecule has 10 aromatic carbocycles. The predicted octanol–water partition coefficient (Wildman–Crippen LogP) is 16.9. The summed E-state index contributed by atoms with van der Waals surface area (Å²) in [5.74, 6) is 0. The number of para-hydroxylation sites is 3. The van der Waals surface area contributed by atoms with Gasteiger partial charge >= 0.3 is 0 Å². The molecule has 3 aliphatic rings. The van der Waals surface area contributed by atoms with E-state index in [1.54, 1.807) is 0 Å². The summed E-state index contributed by atoms with van der Waals surface area (Å²) < 4.78 is 0. The van der Waals surface area contributed by atoms with Gasteiger partial charge in [0.1, 0.15) is 0 Å². The number of hydrogen-bond acceptors (Lipinski definition) is 2. The largest absolute Gasteiger partial charge is 0.310 e. The molecule has 0 saturated carbocycles. The van der Waals surface area contributed by atoms with Gasteiger partial charge in [-0.25, -0.2) is 0 Å². The van der Waals surface area contributed by atoms with Gasteiger partial charge in [-0.3, -0.25) is 0 Å². The Balaban J connectivity index is 1.11. The summed E-state index contributed by atoms with van der Waals surface area (Å²) in [5, 5.41) is 0. The predicted molar refractivity (Wildman–Crippen MR) is 275 cm³/mol. The molecule has 0 fully saturated rings. The Hall–Kier alpha value is -8.20. The highest BCUT2D eigenvalue weighted by molar-refractivity contribution is 6.01. The smallest absolute Gasteiger partial charge is 0.0727 e. The van der Waals surface area contributed by atoms with E-state index in [0.29, 0.717) is 0 Å². The quantitative estimate of drug-likeness (QED) is 0.158. The second-order valence-electron chi connectivity index (χ2n) is 18.4. The number of anilines is 6. The standard InChI is InChI=1S/C64H46N2/c1-63(2)55-34-18-15-31-49(55)52-33-21-37-60(62(52)63)66(46-28-13-6-14-29-46)47-38-39-51-48-30-16-19-35-56(48)64(58(51)40-47)57-36-20-17-32-50(57)54-41-53(43-22-7-3-8-23-43)61(42-59(54)64)65(44-24-9-4-10-25-44)45-26-11-5-12-27-45/h3-42H,1-2H3. The molecule has 0 heterocycles. The normalized spacial score (nSPS) is 15.3. The van der Waals surface area contributed by atoms with E-state index in [1.165, 1.54) is 83.6 Å². The Labute approximate surface area is 387 Å². The van der Waals surface area contributed by atoms with Gasteiger partial charge in [0.05, 0.1) is 16.8 Å². The molecule has 2 heteroatoms. The van der Waals surface area contributed by atoms with Crippen molar-refractivity contribution in [2.75, 3.05) is 9.80 Å². The fourth-order valence-electron chi connectivity index (χ4n) is 11.9. The van der Waals surface area contributed by atoms with Crippen LogP contribution in [0.15, 0.2) is 243 Å². The minimum Gasteiger partial charge on any atom is -0.310 e. The van der Waals surface area contributed by atoms with E-state index in [4.69, 9.17) is 0 Å². The average molecular weight is 843 g/mol. The zero-order valence-corrected chi connectivity index (χ0v) is 37.0. The van der Waals surface area contributed by atoms with Crippen molar-refractivity contribution in [2.45, 2.75) is 24.7 Å². The molecule has 0 radical (unpaired) electrons. The Bertz CT molecular complexity index is 3460. The van der Waals surface area contributed by atoms with Crippen molar-refractivity contribution in [2.24, 2.45) is 0 Å². The van der Waals surface area contributed by atoms with E-state index in [0.717, 1.165) is 28.4 Å². The van der Waals surface area contributed by atoms with E-state index < -0.39 is 5.41 Å². The number of fused-ring (bicyclic) bond motifs is 13. The molecule has 0 bridgehead atoms. The van der Waals surface area contributed by atoms with Crippen molar-refractivity contribution in [3.8, 4) is 44.5 Å². The summed E-state index contributed by atoms with van der Waals surface area (Å²) in [7, 11) is 0. The Morgan fingerprint density at radius 2 is 0.712 bits per heavy atom. The monoisotopic (exact) mass is 842 g/mol. The van der Waals surface area contributed by atoms with Crippen LogP contribution in [0.2, 0.25) is 0 Å². The summed E-state index contributed by atoms with van der Waals surface area (Å²) in [4.78, 5) is 4.96. The van der Waals surface area contributed by atoms with Gasteiger partial charge < -0.3 is 9.80 Å². The number of benzene rings is 10. The molecule has 13 rings (SSSR count). The van der Waals surface area contributed by atoms with Crippen LogP contribution in [0.1, 0.15) is 47.2 Å². The van der Waals surface area contributed by atoms with Crippen LogP contribution in [-0.2, 0) is 10.8 Å². The Kier molecular flexibility index (Phi) is 8.51. The average Bonchev–Trinajstić information content (AvgIpc) is 3.93. The van der Waals surface area contributed by atoms with Crippen molar-refractivity contribution in [3.05, 3.63) is 276 Å². The van der Waals surface area contributed by atoms with E-state index in [2.05, 4.69) is 266 Å². The number of rotatable bonds is 7. The van der Waals surface area contributed by atoms with Gasteiger partial charge in [0, 0.05) is 33.7 Å². The Morgan fingerprint density at radius 1 is 0.273 bits per heavy atom. The fraction of sp³-hybridized carbons (Fsp3) is 0.0625. The van der Waals surface area contributed by atoms with Crippen molar-refractivity contribution in [1.82, 2.24) is 0 Å². The summed E-state index contributed by atoms with van der Waals surface area (Å²) in [5.41, 5.74) is 24.0. The third-order valence-corrected chi connectivity index (χ3v) is 14.6. The highest BCUT2D eigenvalue weighted by Crippen LogP contribution is 2.65. The van der Waals surface area contributed by atoms with Crippen LogP contribution >= 0.6 is 0 Å². The van der Waals surface area contributed by atoms with Gasteiger partial charge in [-0.15, -0.1) is 0 Å². The Morgan fingerprint density at radius 3 is 1.30 bits per heavy atom. The van der Waals surface area contributed by atoms with Crippen LogP contribution in [0.25, 0.3) is 44.5 Å². The van der Waals surface area contributed by atoms with Gasteiger partial charge in [0.2, 0.25) is 0 Å². The maximum atomic E-state index is 2.54. The first-order chi connectivity index (χ1) is 32.5. The van der Waals surface area contributed by atoms with Crippen molar-refractivity contribution in [1.29, 1.82) is 0 Å². The molecule has 10 aromatic rings. The second-order valence-corrected chi connectivity index (χ2v) is 18.4. The highest BCUT2D eigenvalue weighted by atomic mass is 15.2. The molecular formula is C64H46N2. The zero-order valence-electron chi connectivity index (χ0n) is 37.0. The third-order valence-electron chi connectivity index (χ3n) is 14.6. The van der Waals surface area contributed by atoms with Crippen LogP contribution in [0.4, 0.5) is 34.1 Å². The summed E-state index contributed by atoms with van der Waals surface area (Å²) in [6.07, 6.45) is 0. The molecule has 1 unspecified atom stereocenters. The highest BCUT2D eigenvalue weighted by Gasteiger charge is 2.52. The first-order valence-electron chi connectivity index (χ1n) is 23.1. The molecule has 0 N–H and O–H groups in total. The number of nitrogens with zero attached hydrogens (tertiary/aromatic N) is 2. The molecule has 0 aliphatic heterocycles. The van der Waals surface area contributed by atoms with E-state index >= 15 is 0 Å². The van der Waals surface area contributed by atoms with Gasteiger partial charge in [0.15, 0.2) is 0 Å². The molecule has 0 aromatic heterocycles. The van der Waals surface area contributed by atoms with E-state index in [1.807, 2.05) is 0 Å². The fourth-order valence-corrected chi connectivity index (χ4v) is 11.9. The maximum Gasteiger partial charge on any atom is 0.0727 e. The molecule has 2 nitrogen and oxygen atoms in total. The topological polar surface area (TPSA) is 6.48 Å². The van der Waals surface area contributed by atoms with Crippen LogP contribution in [-0.4, -0.2) is 0 Å². The van der Waals surface area contributed by atoms with Gasteiger partial charge in [-0.05, 0) is 139 Å². The SMILES string of the molecule is CC1(C)c2ccccc2-c2cccc(N(c3ccccc3)c3ccc4c(c3)C3(c5ccccc5-4)c4ccccc4-c4cc(-c5ccccc5)c(N(c5ccccc5)c5ccccc5)cc43)c21. The first kappa shape index (κ1) is 38.3. The molecule has 0 amide bonds. The van der Waals surface area contributed by atoms with Crippen LogP contribution in [0.5, 0.6) is 0 Å². The molecule has 1 atom stereocenters. The summed E-state index contributed by atoms with van der Waals surface area (Å²) >= 11 is 0. The molecule has 66 heavy (non-hydrogen) atoms. The van der Waals surface area contributed by atoms with Gasteiger partial charge in [0.25, 0.3) is 0 Å². The van der Waals surface area contributed by atoms with Crippen molar-refractivity contribution in [3.63, 3.8) is 0 Å². The molecular weight excluding hydrogens is 797 g/mol.